The van der Waals surface area contributed by atoms with Crippen LogP contribution in [0.4, 0.5) is 0 Å². The molecule has 1 fully saturated rings. The Morgan fingerprint density at radius 3 is 3.18 bits per heavy atom. The zero-order chi connectivity index (χ0) is 7.68. The van der Waals surface area contributed by atoms with E-state index in [1.165, 1.54) is 12.8 Å². The lowest BCUT2D eigenvalue weighted by molar-refractivity contribution is 0.349. The van der Waals surface area contributed by atoms with E-state index in [1.54, 1.807) is 0 Å². The van der Waals surface area contributed by atoms with Crippen molar-refractivity contribution in [2.24, 2.45) is 0 Å². The normalized spacial score (nSPS) is 24.3. The lowest BCUT2D eigenvalue weighted by Crippen LogP contribution is -2.11. The summed E-state index contributed by atoms with van der Waals surface area (Å²) in [5.41, 5.74) is 0.966. The molecular formula is C8H12N2O. The summed E-state index contributed by atoms with van der Waals surface area (Å²) in [4.78, 5) is 0. The summed E-state index contributed by atoms with van der Waals surface area (Å²) in [5, 5.41) is 7.20. The van der Waals surface area contributed by atoms with E-state index in [-0.39, 0.29) is 0 Å². The second-order valence-electron chi connectivity index (χ2n) is 3.02. The third-order valence-electron chi connectivity index (χ3n) is 2.05. The quantitative estimate of drug-likeness (QED) is 0.661. The monoisotopic (exact) mass is 152 g/mol. The Bertz CT molecular complexity index is 238. The Hall–Kier alpha value is -0.830. The minimum absolute atomic E-state index is 0.413. The Morgan fingerprint density at radius 1 is 1.73 bits per heavy atom. The molecule has 1 aliphatic heterocycles. The van der Waals surface area contributed by atoms with Crippen molar-refractivity contribution in [3.05, 3.63) is 17.5 Å². The molecule has 11 heavy (non-hydrogen) atoms. The second-order valence-corrected chi connectivity index (χ2v) is 3.02. The predicted octanol–water partition coefficient (Wildman–Crippen LogP) is 1.41. The molecule has 1 aromatic rings. The van der Waals surface area contributed by atoms with Crippen molar-refractivity contribution in [2.75, 3.05) is 6.54 Å². The molecule has 1 aromatic heterocycles. The molecule has 0 aromatic carbocycles. The predicted molar refractivity (Wildman–Crippen MR) is 41.2 cm³/mol. The molecule has 2 rings (SSSR count). The van der Waals surface area contributed by atoms with Crippen LogP contribution < -0.4 is 5.32 Å². The number of hydrogen-bond acceptors (Lipinski definition) is 3. The van der Waals surface area contributed by atoms with Crippen molar-refractivity contribution < 1.29 is 4.52 Å². The maximum atomic E-state index is 5.14. The van der Waals surface area contributed by atoms with E-state index in [4.69, 9.17) is 4.52 Å². The van der Waals surface area contributed by atoms with Gasteiger partial charge in [0.05, 0.1) is 11.7 Å². The maximum Gasteiger partial charge on any atom is 0.153 e. The average molecular weight is 152 g/mol. The van der Waals surface area contributed by atoms with E-state index in [9.17, 15) is 0 Å². The number of nitrogens with one attached hydrogen (secondary N) is 1. The van der Waals surface area contributed by atoms with Gasteiger partial charge in [0.2, 0.25) is 0 Å². The molecule has 0 spiro atoms. The largest absolute Gasteiger partial charge is 0.359 e. The average Bonchev–Trinajstić information content (AvgIpc) is 2.55. The van der Waals surface area contributed by atoms with Gasteiger partial charge in [0.15, 0.2) is 5.76 Å². The van der Waals surface area contributed by atoms with Crippen molar-refractivity contribution in [1.82, 2.24) is 10.5 Å². The zero-order valence-corrected chi connectivity index (χ0v) is 6.63. The summed E-state index contributed by atoms with van der Waals surface area (Å²) in [6.07, 6.45) is 2.42. The van der Waals surface area contributed by atoms with Crippen LogP contribution >= 0.6 is 0 Å². The van der Waals surface area contributed by atoms with Gasteiger partial charge in [-0.3, -0.25) is 0 Å². The minimum Gasteiger partial charge on any atom is -0.359 e. The fourth-order valence-corrected chi connectivity index (χ4v) is 1.47. The van der Waals surface area contributed by atoms with Crippen LogP contribution in [0.3, 0.4) is 0 Å². The molecule has 0 radical (unpaired) electrons. The molecule has 0 bridgehead atoms. The van der Waals surface area contributed by atoms with Crippen LogP contribution in [-0.2, 0) is 0 Å². The highest BCUT2D eigenvalue weighted by Crippen LogP contribution is 2.22. The highest BCUT2D eigenvalue weighted by atomic mass is 16.5. The molecule has 1 aliphatic rings. The molecule has 0 unspecified atom stereocenters. The van der Waals surface area contributed by atoms with Crippen molar-refractivity contribution >= 4 is 0 Å². The molecular weight excluding hydrogens is 140 g/mol. The fourth-order valence-electron chi connectivity index (χ4n) is 1.47. The van der Waals surface area contributed by atoms with Gasteiger partial charge in [0.1, 0.15) is 0 Å². The SMILES string of the molecule is Cc1cc([C@@H]2CCCN2)on1. The number of rotatable bonds is 1. The summed E-state index contributed by atoms with van der Waals surface area (Å²) in [6, 6.07) is 2.42. The first-order chi connectivity index (χ1) is 5.36. The number of aryl methyl sites for hydroxylation is 1. The summed E-state index contributed by atoms with van der Waals surface area (Å²) in [7, 11) is 0. The van der Waals surface area contributed by atoms with Crippen LogP contribution in [0.25, 0.3) is 0 Å². The zero-order valence-electron chi connectivity index (χ0n) is 6.63. The first kappa shape index (κ1) is 6.85. The molecule has 0 amide bonds. The molecule has 0 aliphatic carbocycles. The lowest BCUT2D eigenvalue weighted by Gasteiger charge is -2.02. The summed E-state index contributed by atoms with van der Waals surface area (Å²) >= 11 is 0. The molecule has 60 valence electrons. The highest BCUT2D eigenvalue weighted by Gasteiger charge is 2.19. The van der Waals surface area contributed by atoms with Gasteiger partial charge in [-0.25, -0.2) is 0 Å². The van der Waals surface area contributed by atoms with Gasteiger partial charge in [0.25, 0.3) is 0 Å². The van der Waals surface area contributed by atoms with E-state index in [2.05, 4.69) is 10.5 Å². The van der Waals surface area contributed by atoms with E-state index in [0.29, 0.717) is 6.04 Å². The third kappa shape index (κ3) is 1.28. The molecule has 3 heteroatoms. The van der Waals surface area contributed by atoms with E-state index < -0.39 is 0 Å². The molecule has 1 N–H and O–H groups in total. The van der Waals surface area contributed by atoms with Crippen molar-refractivity contribution in [3.63, 3.8) is 0 Å². The maximum absolute atomic E-state index is 5.14. The lowest BCUT2D eigenvalue weighted by atomic mass is 10.2. The molecule has 0 saturated carbocycles. The van der Waals surface area contributed by atoms with Crippen molar-refractivity contribution in [2.45, 2.75) is 25.8 Å². The minimum atomic E-state index is 0.413. The summed E-state index contributed by atoms with van der Waals surface area (Å²) in [6.45, 7) is 3.05. The number of hydrogen-bond donors (Lipinski definition) is 1. The Labute approximate surface area is 65.8 Å². The molecule has 3 nitrogen and oxygen atoms in total. The van der Waals surface area contributed by atoms with Gasteiger partial charge in [0, 0.05) is 6.07 Å². The first-order valence-electron chi connectivity index (χ1n) is 4.03. The van der Waals surface area contributed by atoms with Crippen LogP contribution in [0.2, 0.25) is 0 Å². The van der Waals surface area contributed by atoms with Crippen molar-refractivity contribution in [3.8, 4) is 0 Å². The van der Waals surface area contributed by atoms with Gasteiger partial charge < -0.3 is 9.84 Å². The fraction of sp³-hybridized carbons (Fsp3) is 0.625. The van der Waals surface area contributed by atoms with Crippen LogP contribution in [0.15, 0.2) is 10.6 Å². The summed E-state index contributed by atoms with van der Waals surface area (Å²) < 4.78 is 5.14. The molecule has 2 heterocycles. The van der Waals surface area contributed by atoms with Gasteiger partial charge >= 0.3 is 0 Å². The van der Waals surface area contributed by atoms with Crippen molar-refractivity contribution in [1.29, 1.82) is 0 Å². The van der Waals surface area contributed by atoms with E-state index >= 15 is 0 Å². The van der Waals surface area contributed by atoms with Crippen LogP contribution in [0.5, 0.6) is 0 Å². The van der Waals surface area contributed by atoms with Gasteiger partial charge in [-0.1, -0.05) is 5.16 Å². The van der Waals surface area contributed by atoms with E-state index in [1.807, 2.05) is 13.0 Å². The standard InChI is InChI=1S/C8H12N2O/c1-6-5-8(11-10-6)7-3-2-4-9-7/h5,7,9H,2-4H2,1H3/t7-/m0/s1. The highest BCUT2D eigenvalue weighted by molar-refractivity contribution is 5.08. The third-order valence-corrected chi connectivity index (χ3v) is 2.05. The number of nitrogens with zero attached hydrogens (tertiary/aromatic N) is 1. The topological polar surface area (TPSA) is 38.1 Å². The Kier molecular flexibility index (Phi) is 1.66. The van der Waals surface area contributed by atoms with Gasteiger partial charge in [-0.05, 0) is 26.3 Å². The molecule has 1 saturated heterocycles. The first-order valence-corrected chi connectivity index (χ1v) is 4.03. The van der Waals surface area contributed by atoms with Gasteiger partial charge in [-0.15, -0.1) is 0 Å². The number of aromatic nitrogens is 1. The van der Waals surface area contributed by atoms with Gasteiger partial charge in [-0.2, -0.15) is 0 Å². The second kappa shape index (κ2) is 2.66. The van der Waals surface area contributed by atoms with E-state index in [0.717, 1.165) is 18.0 Å². The van der Waals surface area contributed by atoms with Crippen LogP contribution in [0.1, 0.15) is 30.3 Å². The van der Waals surface area contributed by atoms with Crippen LogP contribution in [0, 0.1) is 6.92 Å². The Balaban J connectivity index is 2.15. The summed E-state index contributed by atoms with van der Waals surface area (Å²) in [5.74, 6) is 0.986. The van der Waals surface area contributed by atoms with Crippen LogP contribution in [-0.4, -0.2) is 11.7 Å². The smallest absolute Gasteiger partial charge is 0.153 e. The Morgan fingerprint density at radius 2 is 2.64 bits per heavy atom. The molecule has 1 atom stereocenters.